The summed E-state index contributed by atoms with van der Waals surface area (Å²) in [5.74, 6) is 0.901. The fourth-order valence-electron chi connectivity index (χ4n) is 5.22. The van der Waals surface area contributed by atoms with Crippen LogP contribution in [0.3, 0.4) is 0 Å². The van der Waals surface area contributed by atoms with Crippen LogP contribution in [-0.2, 0) is 0 Å². The average Bonchev–Trinajstić information content (AvgIpc) is 3.15. The Labute approximate surface area is 185 Å². The summed E-state index contributed by atoms with van der Waals surface area (Å²) in [5.41, 5.74) is 1.02. The second-order valence-corrected chi connectivity index (χ2v) is 8.83. The number of hydrogen-bond donors (Lipinski definition) is 2. The van der Waals surface area contributed by atoms with Gasteiger partial charge in [0.05, 0.1) is 5.39 Å². The van der Waals surface area contributed by atoms with Gasteiger partial charge in [0.1, 0.15) is 28.6 Å². The van der Waals surface area contributed by atoms with E-state index in [9.17, 15) is 5.11 Å². The number of hydrogen-bond acceptors (Lipinski definition) is 6. The number of fused-ring (bicyclic) bond motifs is 6. The summed E-state index contributed by atoms with van der Waals surface area (Å²) in [5, 5.41) is 16.1. The second kappa shape index (κ2) is 7.38. The number of piperazine rings is 1. The molecule has 2 unspecified atom stereocenters. The van der Waals surface area contributed by atoms with Crippen LogP contribution in [0.1, 0.15) is 25.1 Å². The highest BCUT2D eigenvalue weighted by atomic mass is 19.1. The van der Waals surface area contributed by atoms with Crippen molar-refractivity contribution in [3.05, 3.63) is 54.2 Å². The molecule has 6 nitrogen and oxygen atoms in total. The van der Waals surface area contributed by atoms with E-state index in [0.29, 0.717) is 28.9 Å². The Morgan fingerprint density at radius 3 is 2.91 bits per heavy atom. The third kappa shape index (κ3) is 3.07. The van der Waals surface area contributed by atoms with E-state index in [-0.39, 0.29) is 17.0 Å². The summed E-state index contributed by atoms with van der Waals surface area (Å²) in [6.07, 6.45) is 5.11. The predicted molar refractivity (Wildman–Crippen MR) is 123 cm³/mol. The minimum atomic E-state index is -0.483. The van der Waals surface area contributed by atoms with Crippen molar-refractivity contribution in [2.24, 2.45) is 0 Å². The van der Waals surface area contributed by atoms with Crippen LogP contribution in [0.25, 0.3) is 32.9 Å². The molecule has 0 amide bonds. The number of rotatable bonds is 2. The predicted octanol–water partition coefficient (Wildman–Crippen LogP) is 4.33. The van der Waals surface area contributed by atoms with Gasteiger partial charge >= 0.3 is 0 Å². The molecule has 32 heavy (non-hydrogen) atoms. The standard InChI is InChI=1S/C25H24FN5O/c1-14-29-24-21(25(30-14)31-13-16-6-4-7-17(31)11-27-16)12-28-23(22(24)26)20-10-18(32)9-15-5-2-3-8-19(15)20/h2-3,5,8-10,12,16-17,27,32H,4,6-7,11,13H2,1H3. The summed E-state index contributed by atoms with van der Waals surface area (Å²) in [6, 6.07) is 11.6. The average molecular weight is 429 g/mol. The van der Waals surface area contributed by atoms with Gasteiger partial charge in [0.2, 0.25) is 0 Å². The van der Waals surface area contributed by atoms with E-state index in [1.807, 2.05) is 24.3 Å². The van der Waals surface area contributed by atoms with Crippen molar-refractivity contribution in [1.29, 1.82) is 0 Å². The van der Waals surface area contributed by atoms with Gasteiger partial charge in [-0.05, 0) is 49.1 Å². The van der Waals surface area contributed by atoms with Gasteiger partial charge in [-0.25, -0.2) is 14.4 Å². The number of benzene rings is 2. The Hall–Kier alpha value is -3.32. The monoisotopic (exact) mass is 429 g/mol. The van der Waals surface area contributed by atoms with Crippen molar-refractivity contribution in [2.45, 2.75) is 38.3 Å². The van der Waals surface area contributed by atoms with Crippen LogP contribution in [0, 0.1) is 12.7 Å². The molecule has 2 N–H and O–H groups in total. The van der Waals surface area contributed by atoms with Crippen LogP contribution in [0.4, 0.5) is 10.2 Å². The van der Waals surface area contributed by atoms with Crippen LogP contribution in [-0.4, -0.2) is 45.2 Å². The summed E-state index contributed by atoms with van der Waals surface area (Å²) in [4.78, 5) is 16.1. The normalized spacial score (nSPS) is 20.8. The number of halogens is 1. The van der Waals surface area contributed by atoms with Gasteiger partial charge in [-0.15, -0.1) is 0 Å². The molecule has 0 spiro atoms. The SMILES string of the molecule is Cc1nc(N2CC3CCCC2CN3)c2cnc(-c3cc(O)cc4ccccc34)c(F)c2n1. The highest BCUT2D eigenvalue weighted by molar-refractivity contribution is 5.99. The van der Waals surface area contributed by atoms with E-state index in [0.717, 1.165) is 42.5 Å². The molecule has 2 aromatic carbocycles. The van der Waals surface area contributed by atoms with Crippen LogP contribution in [0.15, 0.2) is 42.6 Å². The minimum absolute atomic E-state index is 0.0765. The maximum absolute atomic E-state index is 15.9. The number of aryl methyl sites for hydroxylation is 1. The molecule has 2 atom stereocenters. The van der Waals surface area contributed by atoms with E-state index in [1.54, 1.807) is 25.3 Å². The van der Waals surface area contributed by atoms with E-state index >= 15 is 4.39 Å². The van der Waals surface area contributed by atoms with Gasteiger partial charge in [0, 0.05) is 36.9 Å². The fourth-order valence-corrected chi connectivity index (χ4v) is 5.22. The lowest BCUT2D eigenvalue weighted by Crippen LogP contribution is -2.54. The Morgan fingerprint density at radius 1 is 1.12 bits per heavy atom. The Kier molecular flexibility index (Phi) is 4.47. The molecule has 3 aliphatic rings. The minimum Gasteiger partial charge on any atom is -0.508 e. The van der Waals surface area contributed by atoms with Gasteiger partial charge in [-0.3, -0.25) is 4.98 Å². The van der Waals surface area contributed by atoms with Gasteiger partial charge in [-0.1, -0.05) is 24.3 Å². The largest absolute Gasteiger partial charge is 0.508 e. The highest BCUT2D eigenvalue weighted by Crippen LogP contribution is 2.37. The fraction of sp³-hybridized carbons (Fsp3) is 0.320. The van der Waals surface area contributed by atoms with Gasteiger partial charge in [0.25, 0.3) is 0 Å². The van der Waals surface area contributed by atoms with E-state index in [2.05, 4.69) is 20.2 Å². The molecular formula is C25H24FN5O. The van der Waals surface area contributed by atoms with Crippen molar-refractivity contribution >= 4 is 27.5 Å². The van der Waals surface area contributed by atoms with Crippen molar-refractivity contribution in [1.82, 2.24) is 20.3 Å². The van der Waals surface area contributed by atoms with Crippen molar-refractivity contribution in [2.75, 3.05) is 18.0 Å². The number of aromatic hydroxyl groups is 1. The molecule has 0 aliphatic carbocycles. The van der Waals surface area contributed by atoms with Crippen molar-refractivity contribution in [3.8, 4) is 17.0 Å². The Bertz CT molecular complexity index is 1350. The topological polar surface area (TPSA) is 74.2 Å². The number of phenolic OH excluding ortho intramolecular Hbond substituents is 1. The van der Waals surface area contributed by atoms with Crippen LogP contribution in [0.5, 0.6) is 5.75 Å². The van der Waals surface area contributed by atoms with Gasteiger partial charge in [0.15, 0.2) is 5.82 Å². The molecule has 3 saturated heterocycles. The second-order valence-electron chi connectivity index (χ2n) is 8.83. The zero-order chi connectivity index (χ0) is 21.8. The van der Waals surface area contributed by atoms with Gasteiger partial charge < -0.3 is 15.3 Å². The molecule has 0 radical (unpaired) electrons. The van der Waals surface area contributed by atoms with E-state index in [1.165, 1.54) is 6.42 Å². The van der Waals surface area contributed by atoms with Gasteiger partial charge in [-0.2, -0.15) is 0 Å². The summed E-state index contributed by atoms with van der Waals surface area (Å²) >= 11 is 0. The van der Waals surface area contributed by atoms with Crippen molar-refractivity contribution in [3.63, 3.8) is 0 Å². The molecule has 5 heterocycles. The maximum Gasteiger partial charge on any atom is 0.175 e. The highest BCUT2D eigenvalue weighted by Gasteiger charge is 2.33. The van der Waals surface area contributed by atoms with Crippen LogP contribution < -0.4 is 10.2 Å². The molecule has 0 saturated carbocycles. The first-order valence-electron chi connectivity index (χ1n) is 11.1. The molecule has 162 valence electrons. The van der Waals surface area contributed by atoms with Crippen LogP contribution >= 0.6 is 0 Å². The molecule has 7 heteroatoms. The van der Waals surface area contributed by atoms with Crippen molar-refractivity contribution < 1.29 is 9.50 Å². The maximum atomic E-state index is 15.9. The number of anilines is 1. The lowest BCUT2D eigenvalue weighted by Gasteiger charge is -2.38. The van der Waals surface area contributed by atoms with E-state index < -0.39 is 5.82 Å². The Morgan fingerprint density at radius 2 is 2.00 bits per heavy atom. The summed E-state index contributed by atoms with van der Waals surface area (Å²) in [7, 11) is 0. The van der Waals surface area contributed by atoms with Crippen LogP contribution in [0.2, 0.25) is 0 Å². The molecule has 2 aromatic heterocycles. The first kappa shape index (κ1) is 19.4. The lowest BCUT2D eigenvalue weighted by molar-refractivity contribution is 0.422. The number of aromatic nitrogens is 3. The first-order valence-corrected chi connectivity index (χ1v) is 11.1. The molecule has 2 bridgehead atoms. The molecular weight excluding hydrogens is 405 g/mol. The molecule has 7 rings (SSSR count). The number of nitrogens with one attached hydrogen (secondary N) is 1. The number of phenols is 1. The third-order valence-electron chi connectivity index (χ3n) is 6.74. The Balaban J connectivity index is 1.55. The van der Waals surface area contributed by atoms with E-state index in [4.69, 9.17) is 4.98 Å². The first-order chi connectivity index (χ1) is 15.6. The number of pyridine rings is 1. The smallest absolute Gasteiger partial charge is 0.175 e. The zero-order valence-corrected chi connectivity index (χ0v) is 17.8. The molecule has 3 aliphatic heterocycles. The quantitative estimate of drug-likeness (QED) is 0.494. The molecule has 3 fully saturated rings. The lowest BCUT2D eigenvalue weighted by atomic mass is 10.00. The number of nitrogens with zero attached hydrogens (tertiary/aromatic N) is 4. The molecule has 4 aromatic rings. The third-order valence-corrected chi connectivity index (χ3v) is 6.74. The summed E-state index contributed by atoms with van der Waals surface area (Å²) in [6.45, 7) is 3.58. The summed E-state index contributed by atoms with van der Waals surface area (Å²) < 4.78 is 15.9. The zero-order valence-electron chi connectivity index (χ0n) is 17.8.